The zero-order valence-electron chi connectivity index (χ0n) is 12.4. The van der Waals surface area contributed by atoms with Crippen LogP contribution in [0.2, 0.25) is 0 Å². The van der Waals surface area contributed by atoms with Gasteiger partial charge in [0.1, 0.15) is 11.6 Å². The molecule has 6 nitrogen and oxygen atoms in total. The molecule has 0 spiro atoms. The predicted octanol–water partition coefficient (Wildman–Crippen LogP) is 2.38. The molecule has 21 heavy (non-hydrogen) atoms. The van der Waals surface area contributed by atoms with Crippen molar-refractivity contribution in [1.29, 1.82) is 0 Å². The largest absolute Gasteiger partial charge is 0.383 e. The zero-order valence-corrected chi connectivity index (χ0v) is 13.2. The molecule has 0 aliphatic heterocycles. The van der Waals surface area contributed by atoms with Gasteiger partial charge in [-0.1, -0.05) is 25.1 Å². The van der Waals surface area contributed by atoms with Crippen LogP contribution in [0.4, 0.5) is 11.6 Å². The Morgan fingerprint density at radius 3 is 2.86 bits per heavy atom. The maximum absolute atomic E-state index is 5.88. The molecule has 0 saturated carbocycles. The molecule has 112 valence electrons. The Labute approximate surface area is 129 Å². The summed E-state index contributed by atoms with van der Waals surface area (Å²) in [5.41, 5.74) is 6.76. The van der Waals surface area contributed by atoms with E-state index < -0.39 is 0 Å². The molecule has 0 aromatic carbocycles. The van der Waals surface area contributed by atoms with Gasteiger partial charge in [-0.3, -0.25) is 9.97 Å². The van der Waals surface area contributed by atoms with E-state index in [4.69, 9.17) is 5.73 Å². The highest BCUT2D eigenvalue weighted by Crippen LogP contribution is 2.21. The van der Waals surface area contributed by atoms with E-state index in [0.717, 1.165) is 35.3 Å². The molecular weight excluding hydrogens is 284 g/mol. The topological polar surface area (TPSA) is 80.8 Å². The van der Waals surface area contributed by atoms with Gasteiger partial charge in [-0.15, -0.1) is 0 Å². The molecule has 0 amide bonds. The lowest BCUT2D eigenvalue weighted by Gasteiger charge is -2.18. The second kappa shape index (κ2) is 7.78. The van der Waals surface area contributed by atoms with Gasteiger partial charge in [0.2, 0.25) is 0 Å². The molecule has 0 aliphatic carbocycles. The molecule has 0 radical (unpaired) electrons. The Balaban J connectivity index is 2.07. The van der Waals surface area contributed by atoms with E-state index in [1.54, 1.807) is 36.4 Å². The van der Waals surface area contributed by atoms with Crippen molar-refractivity contribution in [2.45, 2.75) is 31.5 Å². The molecular formula is C14H20N6S. The minimum absolute atomic E-state index is 0.491. The highest BCUT2D eigenvalue weighted by atomic mass is 32.2. The predicted molar refractivity (Wildman–Crippen MR) is 86.2 cm³/mol. The van der Waals surface area contributed by atoms with Crippen LogP contribution in [0.15, 0.2) is 29.8 Å². The van der Waals surface area contributed by atoms with Gasteiger partial charge < -0.3 is 10.6 Å². The first-order chi connectivity index (χ1) is 10.2. The van der Waals surface area contributed by atoms with Gasteiger partial charge in [0.25, 0.3) is 0 Å². The molecule has 0 aliphatic rings. The first kappa shape index (κ1) is 15.5. The monoisotopic (exact) mass is 304 g/mol. The van der Waals surface area contributed by atoms with Crippen LogP contribution in [0.5, 0.6) is 0 Å². The zero-order chi connectivity index (χ0) is 15.1. The number of hydrogen-bond acceptors (Lipinski definition) is 7. The number of aromatic nitrogens is 4. The molecule has 0 saturated heterocycles. The normalized spacial score (nSPS) is 10.6. The summed E-state index contributed by atoms with van der Waals surface area (Å²) < 4.78 is 0. The first-order valence-electron chi connectivity index (χ1n) is 6.92. The Kier molecular flexibility index (Phi) is 5.74. The Morgan fingerprint density at radius 1 is 1.29 bits per heavy atom. The number of nitrogen functional groups attached to an aromatic ring is 1. The fourth-order valence-corrected chi connectivity index (χ4v) is 2.68. The Morgan fingerprint density at radius 2 is 2.14 bits per heavy atom. The number of unbranched alkanes of at least 4 members (excludes halogenated alkanes) is 1. The van der Waals surface area contributed by atoms with Gasteiger partial charge in [0.15, 0.2) is 5.16 Å². The number of nitrogens with two attached hydrogens (primary N) is 1. The molecule has 2 heterocycles. The molecule has 7 heteroatoms. The van der Waals surface area contributed by atoms with Crippen molar-refractivity contribution in [1.82, 2.24) is 19.9 Å². The van der Waals surface area contributed by atoms with Gasteiger partial charge >= 0.3 is 0 Å². The quantitative estimate of drug-likeness (QED) is 0.478. The highest BCUT2D eigenvalue weighted by molar-refractivity contribution is 7.99. The van der Waals surface area contributed by atoms with Crippen molar-refractivity contribution in [3.8, 4) is 0 Å². The van der Waals surface area contributed by atoms with E-state index in [0.29, 0.717) is 12.4 Å². The summed E-state index contributed by atoms with van der Waals surface area (Å²) in [6.07, 6.45) is 7.40. The fraction of sp³-hybridized carbons (Fsp3) is 0.429. The summed E-state index contributed by atoms with van der Waals surface area (Å²) in [5.74, 6) is 2.30. The van der Waals surface area contributed by atoms with E-state index >= 15 is 0 Å². The number of hydrogen-bond donors (Lipinski definition) is 1. The standard InChI is InChI=1S/C14H20N6S/c1-3-4-7-21-14-18-12(15)8-13(19-14)20(2)10-11-9-16-5-6-17-11/h5-6,8-9H,3-4,7,10H2,1-2H3,(H2,15,18,19). The van der Waals surface area contributed by atoms with Crippen molar-refractivity contribution in [2.24, 2.45) is 0 Å². The van der Waals surface area contributed by atoms with Crippen molar-refractivity contribution in [3.63, 3.8) is 0 Å². The van der Waals surface area contributed by atoms with Crippen LogP contribution in [0, 0.1) is 0 Å². The van der Waals surface area contributed by atoms with Crippen LogP contribution in [0.1, 0.15) is 25.5 Å². The van der Waals surface area contributed by atoms with Gasteiger partial charge in [0.05, 0.1) is 18.4 Å². The fourth-order valence-electron chi connectivity index (χ4n) is 1.73. The average Bonchev–Trinajstić information content (AvgIpc) is 2.48. The van der Waals surface area contributed by atoms with Crippen LogP contribution in [-0.2, 0) is 6.54 Å². The second-order valence-corrected chi connectivity index (χ2v) is 5.75. The van der Waals surface area contributed by atoms with E-state index in [9.17, 15) is 0 Å². The minimum atomic E-state index is 0.491. The summed E-state index contributed by atoms with van der Waals surface area (Å²) in [6.45, 7) is 2.80. The molecule has 0 bridgehead atoms. The van der Waals surface area contributed by atoms with Gasteiger partial charge in [0, 0.05) is 31.3 Å². The number of nitrogens with zero attached hydrogens (tertiary/aromatic N) is 5. The number of thioether (sulfide) groups is 1. The molecule has 2 aromatic heterocycles. The van der Waals surface area contributed by atoms with Crippen LogP contribution in [-0.4, -0.2) is 32.7 Å². The van der Waals surface area contributed by atoms with Crippen molar-refractivity contribution in [2.75, 3.05) is 23.4 Å². The summed E-state index contributed by atoms with van der Waals surface area (Å²) in [4.78, 5) is 19.1. The summed E-state index contributed by atoms with van der Waals surface area (Å²) in [7, 11) is 1.96. The van der Waals surface area contributed by atoms with E-state index in [2.05, 4.69) is 26.9 Å². The highest BCUT2D eigenvalue weighted by Gasteiger charge is 2.09. The van der Waals surface area contributed by atoms with E-state index in [1.807, 2.05) is 11.9 Å². The lowest BCUT2D eigenvalue weighted by Crippen LogP contribution is -2.19. The Bertz CT molecular complexity index is 563. The molecule has 2 rings (SSSR count). The number of anilines is 2. The average molecular weight is 304 g/mol. The summed E-state index contributed by atoms with van der Waals surface area (Å²) in [6, 6.07) is 1.78. The smallest absolute Gasteiger partial charge is 0.191 e. The van der Waals surface area contributed by atoms with Crippen molar-refractivity contribution in [3.05, 3.63) is 30.4 Å². The maximum atomic E-state index is 5.88. The lowest BCUT2D eigenvalue weighted by molar-refractivity contribution is 0.830. The van der Waals surface area contributed by atoms with Crippen LogP contribution >= 0.6 is 11.8 Å². The van der Waals surface area contributed by atoms with Crippen LogP contribution < -0.4 is 10.6 Å². The first-order valence-corrected chi connectivity index (χ1v) is 7.91. The molecule has 0 unspecified atom stereocenters. The SMILES string of the molecule is CCCCSc1nc(N)cc(N(C)Cc2cnccn2)n1. The summed E-state index contributed by atoms with van der Waals surface area (Å²) in [5, 5.41) is 0.726. The minimum Gasteiger partial charge on any atom is -0.383 e. The third-order valence-electron chi connectivity index (χ3n) is 2.85. The van der Waals surface area contributed by atoms with Crippen LogP contribution in [0.25, 0.3) is 0 Å². The van der Waals surface area contributed by atoms with Crippen molar-refractivity contribution >= 4 is 23.4 Å². The number of rotatable bonds is 7. The third kappa shape index (κ3) is 4.86. The second-order valence-electron chi connectivity index (χ2n) is 4.69. The van der Waals surface area contributed by atoms with Crippen molar-refractivity contribution < 1.29 is 0 Å². The third-order valence-corrected chi connectivity index (χ3v) is 3.78. The van der Waals surface area contributed by atoms with Crippen LogP contribution in [0.3, 0.4) is 0 Å². The summed E-state index contributed by atoms with van der Waals surface area (Å²) >= 11 is 1.64. The van der Waals surface area contributed by atoms with E-state index in [1.165, 1.54) is 0 Å². The molecule has 0 atom stereocenters. The van der Waals surface area contributed by atoms with E-state index in [-0.39, 0.29) is 0 Å². The molecule has 2 N–H and O–H groups in total. The molecule has 2 aromatic rings. The lowest BCUT2D eigenvalue weighted by atomic mass is 10.4. The maximum Gasteiger partial charge on any atom is 0.191 e. The van der Waals surface area contributed by atoms with Gasteiger partial charge in [-0.2, -0.15) is 0 Å². The Hall–Kier alpha value is -1.89. The van der Waals surface area contributed by atoms with Gasteiger partial charge in [-0.05, 0) is 6.42 Å². The molecule has 0 fully saturated rings. The van der Waals surface area contributed by atoms with Gasteiger partial charge in [-0.25, -0.2) is 9.97 Å².